The van der Waals surface area contributed by atoms with E-state index in [1.165, 1.54) is 0 Å². The molecule has 0 aliphatic carbocycles. The van der Waals surface area contributed by atoms with Crippen molar-refractivity contribution < 1.29 is 66.0 Å². The first-order valence-corrected chi connectivity index (χ1v) is 4.17. The van der Waals surface area contributed by atoms with Crippen molar-refractivity contribution in [1.29, 1.82) is 0 Å². The van der Waals surface area contributed by atoms with E-state index in [2.05, 4.69) is 0 Å². The van der Waals surface area contributed by atoms with Gasteiger partial charge in [-0.3, -0.25) is 0 Å². The van der Waals surface area contributed by atoms with Crippen LogP contribution >= 0.6 is 0 Å². The molecule has 0 aromatic heterocycles. The zero-order chi connectivity index (χ0) is 9.52. The maximum atomic E-state index is 10.0. The van der Waals surface area contributed by atoms with Crippen LogP contribution in [0.4, 0.5) is 0 Å². The van der Waals surface area contributed by atoms with Crippen LogP contribution in [0.2, 0.25) is 0 Å². The first-order chi connectivity index (χ1) is 6.29. The molecular formula is C10H11KO3. The standard InChI is InChI=1S/C10H12O3.K/c11-10(12)7-4-8-13-9-5-2-1-3-6-9;/h1-3,5-6H,4,7-8H2,(H,11,12);/q;+1/p-1. The molecule has 3 nitrogen and oxygen atoms in total. The molecule has 0 bridgehead atoms. The Morgan fingerprint density at radius 3 is 2.50 bits per heavy atom. The number of carbonyl (C=O) groups is 1. The predicted molar refractivity (Wildman–Crippen MR) is 46.2 cm³/mol. The fraction of sp³-hybridized carbons (Fsp3) is 0.300. The van der Waals surface area contributed by atoms with Gasteiger partial charge in [-0.25, -0.2) is 0 Å². The molecule has 0 fully saturated rings. The summed E-state index contributed by atoms with van der Waals surface area (Å²) in [5, 5.41) is 10.0. The van der Waals surface area contributed by atoms with Crippen molar-refractivity contribution in [3.8, 4) is 5.75 Å². The van der Waals surface area contributed by atoms with Gasteiger partial charge in [-0.05, 0) is 25.0 Å². The van der Waals surface area contributed by atoms with Gasteiger partial charge in [0, 0.05) is 5.97 Å². The Labute approximate surface area is 126 Å². The van der Waals surface area contributed by atoms with E-state index in [1.807, 2.05) is 30.3 Å². The number of carboxylic acid groups (broad SMARTS) is 1. The summed E-state index contributed by atoms with van der Waals surface area (Å²) >= 11 is 0. The minimum absolute atomic E-state index is 0. The van der Waals surface area contributed by atoms with Crippen molar-refractivity contribution in [2.45, 2.75) is 12.8 Å². The maximum absolute atomic E-state index is 10.0. The zero-order valence-corrected chi connectivity index (χ0v) is 11.4. The Bertz CT molecular complexity index is 261. The van der Waals surface area contributed by atoms with E-state index in [0.717, 1.165) is 5.75 Å². The van der Waals surface area contributed by atoms with Crippen molar-refractivity contribution in [2.75, 3.05) is 6.61 Å². The largest absolute Gasteiger partial charge is 1.00 e. The monoisotopic (exact) mass is 218 g/mol. The summed E-state index contributed by atoms with van der Waals surface area (Å²) in [7, 11) is 0. The Morgan fingerprint density at radius 1 is 1.29 bits per heavy atom. The molecule has 1 aromatic carbocycles. The minimum atomic E-state index is -1.03. The van der Waals surface area contributed by atoms with Crippen LogP contribution in [0.25, 0.3) is 0 Å². The van der Waals surface area contributed by atoms with Gasteiger partial charge in [0.1, 0.15) is 5.75 Å². The molecule has 0 atom stereocenters. The molecule has 4 heteroatoms. The van der Waals surface area contributed by atoms with Gasteiger partial charge in [0.25, 0.3) is 0 Å². The number of aliphatic carboxylic acids is 1. The van der Waals surface area contributed by atoms with E-state index >= 15 is 0 Å². The smallest absolute Gasteiger partial charge is 0.550 e. The van der Waals surface area contributed by atoms with Crippen LogP contribution in [-0.4, -0.2) is 12.6 Å². The Hall–Kier alpha value is 0.126. The fourth-order valence-corrected chi connectivity index (χ4v) is 0.923. The van der Waals surface area contributed by atoms with Crippen LogP contribution in [0.3, 0.4) is 0 Å². The van der Waals surface area contributed by atoms with E-state index < -0.39 is 5.97 Å². The Kier molecular flexibility index (Phi) is 8.51. The van der Waals surface area contributed by atoms with E-state index in [-0.39, 0.29) is 57.8 Å². The van der Waals surface area contributed by atoms with Gasteiger partial charge >= 0.3 is 51.4 Å². The van der Waals surface area contributed by atoms with Crippen LogP contribution < -0.4 is 61.2 Å². The average Bonchev–Trinajstić information content (AvgIpc) is 2.14. The molecule has 0 aliphatic heterocycles. The van der Waals surface area contributed by atoms with Gasteiger partial charge in [-0.15, -0.1) is 0 Å². The molecule has 0 saturated carbocycles. The molecule has 0 saturated heterocycles. The van der Waals surface area contributed by atoms with Crippen LogP contribution in [0, 0.1) is 0 Å². The van der Waals surface area contributed by atoms with Crippen molar-refractivity contribution in [1.82, 2.24) is 0 Å². The summed E-state index contributed by atoms with van der Waals surface area (Å²) in [6.07, 6.45) is 0.532. The van der Waals surface area contributed by atoms with Crippen LogP contribution in [-0.2, 0) is 4.79 Å². The number of carboxylic acids is 1. The number of hydrogen-bond acceptors (Lipinski definition) is 3. The first kappa shape index (κ1) is 14.1. The third-order valence-electron chi connectivity index (χ3n) is 1.54. The second-order valence-corrected chi connectivity index (χ2v) is 2.64. The molecule has 1 aromatic rings. The topological polar surface area (TPSA) is 49.4 Å². The second-order valence-electron chi connectivity index (χ2n) is 2.64. The van der Waals surface area contributed by atoms with Crippen LogP contribution in [0.1, 0.15) is 12.8 Å². The quantitative estimate of drug-likeness (QED) is 0.409. The SMILES string of the molecule is O=C([O-])CCCOc1ccccc1.[K+]. The molecular weight excluding hydrogens is 207 g/mol. The molecule has 14 heavy (non-hydrogen) atoms. The maximum Gasteiger partial charge on any atom is 1.00 e. The minimum Gasteiger partial charge on any atom is -0.550 e. The van der Waals surface area contributed by atoms with Crippen LogP contribution in [0.5, 0.6) is 5.75 Å². The van der Waals surface area contributed by atoms with Crippen molar-refractivity contribution in [2.24, 2.45) is 0 Å². The van der Waals surface area contributed by atoms with E-state index in [9.17, 15) is 9.90 Å². The third-order valence-corrected chi connectivity index (χ3v) is 1.54. The van der Waals surface area contributed by atoms with Crippen molar-refractivity contribution in [3.63, 3.8) is 0 Å². The molecule has 0 aliphatic rings. The molecule has 70 valence electrons. The number of benzene rings is 1. The summed E-state index contributed by atoms with van der Waals surface area (Å²) in [6, 6.07) is 9.30. The third kappa shape index (κ3) is 6.56. The fourth-order valence-electron chi connectivity index (χ4n) is 0.923. The van der Waals surface area contributed by atoms with Gasteiger partial charge in [0.15, 0.2) is 0 Å². The van der Waals surface area contributed by atoms with Gasteiger partial charge in [-0.1, -0.05) is 18.2 Å². The number of ether oxygens (including phenoxy) is 1. The number of rotatable bonds is 5. The van der Waals surface area contributed by atoms with Crippen LogP contribution in [0.15, 0.2) is 30.3 Å². The molecule has 0 amide bonds. The zero-order valence-electron chi connectivity index (χ0n) is 8.23. The summed E-state index contributed by atoms with van der Waals surface area (Å²) in [5.74, 6) is -0.266. The molecule has 0 heterocycles. The molecule has 1 rings (SSSR count). The first-order valence-electron chi connectivity index (χ1n) is 4.17. The predicted octanol–water partition coefficient (Wildman–Crippen LogP) is -2.40. The number of hydrogen-bond donors (Lipinski definition) is 0. The second kappa shape index (κ2) is 8.44. The summed E-state index contributed by atoms with van der Waals surface area (Å²) in [5.41, 5.74) is 0. The van der Waals surface area contributed by atoms with E-state index in [4.69, 9.17) is 4.74 Å². The molecule has 0 radical (unpaired) electrons. The van der Waals surface area contributed by atoms with E-state index in [1.54, 1.807) is 0 Å². The molecule has 0 unspecified atom stereocenters. The summed E-state index contributed by atoms with van der Waals surface area (Å²) in [6.45, 7) is 0.415. The number of para-hydroxylation sites is 1. The number of carbonyl (C=O) groups excluding carboxylic acids is 1. The summed E-state index contributed by atoms with van der Waals surface area (Å²) < 4.78 is 5.27. The van der Waals surface area contributed by atoms with Gasteiger partial charge in [-0.2, -0.15) is 0 Å². The summed E-state index contributed by atoms with van der Waals surface area (Å²) in [4.78, 5) is 10.0. The van der Waals surface area contributed by atoms with Crippen molar-refractivity contribution in [3.05, 3.63) is 30.3 Å². The Balaban J connectivity index is 0.00000169. The average molecular weight is 218 g/mol. The molecule has 0 N–H and O–H groups in total. The van der Waals surface area contributed by atoms with E-state index in [0.29, 0.717) is 13.0 Å². The Morgan fingerprint density at radius 2 is 1.93 bits per heavy atom. The van der Waals surface area contributed by atoms with Gasteiger partial charge < -0.3 is 14.6 Å². The van der Waals surface area contributed by atoms with Gasteiger partial charge in [0.05, 0.1) is 6.61 Å². The van der Waals surface area contributed by atoms with Crippen molar-refractivity contribution >= 4 is 5.97 Å². The molecule has 0 spiro atoms. The normalized spacial score (nSPS) is 8.86. The van der Waals surface area contributed by atoms with Gasteiger partial charge in [0.2, 0.25) is 0 Å².